The van der Waals surface area contributed by atoms with Crippen LogP contribution in [-0.4, -0.2) is 18.9 Å². The van der Waals surface area contributed by atoms with Gasteiger partial charge in [-0.1, -0.05) is 121 Å². The van der Waals surface area contributed by atoms with E-state index in [1.54, 1.807) is 0 Å². The van der Waals surface area contributed by atoms with Crippen LogP contribution in [-0.2, 0) is 21.1 Å². The van der Waals surface area contributed by atoms with Gasteiger partial charge in [0.2, 0.25) is 0 Å². The predicted molar refractivity (Wildman–Crippen MR) is 257 cm³/mol. The number of fused-ring (bicyclic) bond motifs is 8. The van der Waals surface area contributed by atoms with Gasteiger partial charge in [0.15, 0.2) is 0 Å². The third-order valence-electron chi connectivity index (χ3n) is 12.7. The van der Waals surface area contributed by atoms with Gasteiger partial charge in [0.05, 0.1) is 33.5 Å². The molecule has 12 aromatic rings. The summed E-state index contributed by atoms with van der Waals surface area (Å²) in [4.78, 5) is 10.6. The summed E-state index contributed by atoms with van der Waals surface area (Å²) in [5.41, 5.74) is 22.0. The van der Waals surface area contributed by atoms with E-state index in [9.17, 15) is 0 Å². The first-order valence-electron chi connectivity index (χ1n) is 21.2. The molecule has 0 aliphatic carbocycles. The third-order valence-corrected chi connectivity index (χ3v) is 12.7. The van der Waals surface area contributed by atoms with Gasteiger partial charge in [-0.2, -0.15) is 0 Å². The number of aryl methyl sites for hydroxylation is 4. The summed E-state index contributed by atoms with van der Waals surface area (Å²) >= 11 is 0. The number of hydrogen-bond donors (Lipinski definition) is 0. The minimum absolute atomic E-state index is 0. The Hall–Kier alpha value is -7.13. The van der Waals surface area contributed by atoms with Crippen LogP contribution in [0.2, 0.25) is 0 Å². The zero-order valence-electron chi connectivity index (χ0n) is 35.3. The summed E-state index contributed by atoms with van der Waals surface area (Å²) in [5, 5.41) is 4.94. The van der Waals surface area contributed by atoms with Crippen LogP contribution in [0.25, 0.3) is 111 Å². The van der Waals surface area contributed by atoms with Crippen molar-refractivity contribution in [2.75, 3.05) is 0 Å². The second-order valence-corrected chi connectivity index (χ2v) is 16.6. The zero-order chi connectivity index (χ0) is 41.6. The maximum absolute atomic E-state index is 5.38. The van der Waals surface area contributed by atoms with Crippen LogP contribution in [0.3, 0.4) is 0 Å². The molecule has 0 N–H and O–H groups in total. The fraction of sp³-hybridized carbons (Fsp3) is 0.0690. The molecule has 63 heavy (non-hydrogen) atoms. The second kappa shape index (κ2) is 15.0. The van der Waals surface area contributed by atoms with Crippen LogP contribution >= 0.6 is 0 Å². The second-order valence-electron chi connectivity index (χ2n) is 16.6. The Balaban J connectivity index is 0.00000444. The molecule has 0 saturated carbocycles. The quantitative estimate of drug-likeness (QED) is 0.156. The van der Waals surface area contributed by atoms with Crippen LogP contribution in [0, 0.1) is 39.8 Å². The minimum Gasteiger partial charge on any atom is -0.348 e. The Morgan fingerprint density at radius 1 is 0.413 bits per heavy atom. The topological polar surface area (TPSA) is 35.1 Å². The molecule has 302 valence electrons. The summed E-state index contributed by atoms with van der Waals surface area (Å²) in [7, 11) is 0. The van der Waals surface area contributed by atoms with E-state index in [-0.39, 0.29) is 21.1 Å². The summed E-state index contributed by atoms with van der Waals surface area (Å²) in [5.74, 6) is 0. The van der Waals surface area contributed by atoms with Gasteiger partial charge in [-0.3, -0.25) is 9.97 Å². The van der Waals surface area contributed by atoms with Crippen LogP contribution in [0.15, 0.2) is 170 Å². The summed E-state index contributed by atoms with van der Waals surface area (Å²) in [6.45, 7) is 8.84. The molecule has 4 nitrogen and oxygen atoms in total. The van der Waals surface area contributed by atoms with Crippen LogP contribution in [0.4, 0.5) is 0 Å². The Bertz CT molecular complexity index is 3690. The van der Waals surface area contributed by atoms with Crippen molar-refractivity contribution < 1.29 is 21.1 Å². The predicted octanol–water partition coefficient (Wildman–Crippen LogP) is 14.7. The molecule has 0 aliphatic heterocycles. The Kier molecular flexibility index (Phi) is 9.26. The number of benzene rings is 7. The number of rotatable bonds is 6. The van der Waals surface area contributed by atoms with Gasteiger partial charge in [-0.05, 0) is 107 Å². The maximum Gasteiger partial charge on any atom is 2.00 e. The maximum atomic E-state index is 5.38. The van der Waals surface area contributed by atoms with Crippen molar-refractivity contribution in [2.24, 2.45) is 0 Å². The molecule has 0 unspecified atom stereocenters. The summed E-state index contributed by atoms with van der Waals surface area (Å²) in [6.07, 6.45) is 0. The molecular weight excluding hydrogens is 948 g/mol. The van der Waals surface area contributed by atoms with Gasteiger partial charge in [-0.15, -0.1) is 59.7 Å². The standard InChI is InChI=1S/C58H40N4.Pt/c1-35-16-13-17-36(2)55(35)61-53-29-28-41(32-47(53)58-57(61)46-24-14-23-45-44-22-11-12-27-52(44)62(58)56(45)46)48-25-15-26-49(59-48)51-34-43(33-50(60-51)40-20-9-6-10-21-40)54-37(3)30-42(31-38(54)4)39-18-7-5-8-19-39;/h5-20,22-27,29-34H,1-4H3;/q-2;+2. The van der Waals surface area contributed by atoms with E-state index in [0.29, 0.717) is 0 Å². The molecular formula is C58H40N4Pt. The van der Waals surface area contributed by atoms with Crippen LogP contribution in [0.1, 0.15) is 22.3 Å². The first-order valence-corrected chi connectivity index (χ1v) is 21.2. The monoisotopic (exact) mass is 987 g/mol. The summed E-state index contributed by atoms with van der Waals surface area (Å²) in [6, 6.07) is 67.6. The van der Waals surface area contributed by atoms with E-state index in [4.69, 9.17) is 9.97 Å². The normalized spacial score (nSPS) is 11.7. The van der Waals surface area contributed by atoms with Crippen molar-refractivity contribution in [2.45, 2.75) is 27.7 Å². The van der Waals surface area contributed by atoms with E-state index in [2.05, 4.69) is 200 Å². The molecule has 5 heterocycles. The zero-order valence-corrected chi connectivity index (χ0v) is 37.5. The smallest absolute Gasteiger partial charge is 0.348 e. The SMILES string of the molecule is Cc1cc(-c2ccccc2)cc(C)c1-c1cc(-c2[c-]cccc2)nc(-c2cccc(-c3[c-]cc4c(c3)c3c(c5cccc6c7ccccc7n3c65)n4-c3c(C)cccc3C)n2)c1.[Pt+2]. The molecule has 0 saturated heterocycles. The molecule has 7 aromatic carbocycles. The van der Waals surface area contributed by atoms with Crippen LogP contribution < -0.4 is 0 Å². The first kappa shape index (κ1) is 38.8. The van der Waals surface area contributed by atoms with E-state index < -0.39 is 0 Å². The fourth-order valence-electron chi connectivity index (χ4n) is 10.1. The summed E-state index contributed by atoms with van der Waals surface area (Å²) < 4.78 is 4.97. The van der Waals surface area contributed by atoms with Gasteiger partial charge in [0, 0.05) is 21.8 Å². The first-order chi connectivity index (χ1) is 30.4. The van der Waals surface area contributed by atoms with Crippen molar-refractivity contribution in [1.82, 2.24) is 18.9 Å². The third kappa shape index (κ3) is 6.08. The van der Waals surface area contributed by atoms with Gasteiger partial charge in [0.25, 0.3) is 0 Å². The Labute approximate surface area is 380 Å². The van der Waals surface area contributed by atoms with Crippen molar-refractivity contribution in [3.63, 3.8) is 0 Å². The molecule has 5 heteroatoms. The minimum atomic E-state index is 0. The molecule has 0 amide bonds. The largest absolute Gasteiger partial charge is 2.00 e. The molecule has 0 fully saturated rings. The Morgan fingerprint density at radius 2 is 1.08 bits per heavy atom. The molecule has 0 atom stereocenters. The van der Waals surface area contributed by atoms with E-state index >= 15 is 0 Å². The molecule has 0 spiro atoms. The average Bonchev–Trinajstić information content (AvgIpc) is 3.94. The molecule has 5 aromatic heterocycles. The van der Waals surface area contributed by atoms with Crippen molar-refractivity contribution in [1.29, 1.82) is 0 Å². The van der Waals surface area contributed by atoms with Crippen molar-refractivity contribution >= 4 is 49.1 Å². The van der Waals surface area contributed by atoms with E-state index in [0.717, 1.165) is 50.4 Å². The Morgan fingerprint density at radius 3 is 1.87 bits per heavy atom. The number of aromatic nitrogens is 4. The molecule has 0 bridgehead atoms. The average molecular weight is 988 g/mol. The van der Waals surface area contributed by atoms with Crippen molar-refractivity contribution in [3.05, 3.63) is 204 Å². The van der Waals surface area contributed by atoms with Crippen molar-refractivity contribution in [3.8, 4) is 61.8 Å². The van der Waals surface area contributed by atoms with E-state index in [1.165, 1.54) is 82.9 Å². The number of pyridine rings is 2. The van der Waals surface area contributed by atoms with E-state index in [1.807, 2.05) is 18.2 Å². The molecule has 12 rings (SSSR count). The number of nitrogens with zero attached hydrogens (tertiary/aromatic N) is 4. The molecule has 0 radical (unpaired) electrons. The van der Waals surface area contributed by atoms with Gasteiger partial charge in [0.1, 0.15) is 0 Å². The van der Waals surface area contributed by atoms with Crippen LogP contribution in [0.5, 0.6) is 0 Å². The van der Waals surface area contributed by atoms with Gasteiger partial charge in [-0.25, -0.2) is 0 Å². The number of para-hydroxylation sites is 3. The number of hydrogen-bond acceptors (Lipinski definition) is 2. The molecule has 0 aliphatic rings. The van der Waals surface area contributed by atoms with Gasteiger partial charge >= 0.3 is 21.1 Å². The fourth-order valence-corrected chi connectivity index (χ4v) is 10.1. The van der Waals surface area contributed by atoms with Gasteiger partial charge < -0.3 is 8.97 Å².